The first-order chi connectivity index (χ1) is 11.6. The van der Waals surface area contributed by atoms with Crippen molar-refractivity contribution < 1.29 is 9.53 Å². The molecule has 1 atom stereocenters. The SMILES string of the molecule is Cc1cccc(OC(C)C(=O)N2CCN(c3cnccn3)CC2)c1. The minimum atomic E-state index is -0.491. The van der Waals surface area contributed by atoms with E-state index in [-0.39, 0.29) is 5.91 Å². The first-order valence-corrected chi connectivity index (χ1v) is 8.16. The van der Waals surface area contributed by atoms with Gasteiger partial charge in [0.15, 0.2) is 6.10 Å². The predicted molar refractivity (Wildman–Crippen MR) is 92.1 cm³/mol. The van der Waals surface area contributed by atoms with Gasteiger partial charge < -0.3 is 14.5 Å². The van der Waals surface area contributed by atoms with E-state index in [2.05, 4.69) is 14.9 Å². The lowest BCUT2D eigenvalue weighted by Crippen LogP contribution is -2.52. The molecule has 126 valence electrons. The number of nitrogens with zero attached hydrogens (tertiary/aromatic N) is 4. The van der Waals surface area contributed by atoms with Gasteiger partial charge in [-0.2, -0.15) is 0 Å². The van der Waals surface area contributed by atoms with E-state index in [4.69, 9.17) is 4.74 Å². The Morgan fingerprint density at radius 3 is 2.67 bits per heavy atom. The van der Waals surface area contributed by atoms with Crippen molar-refractivity contribution in [3.8, 4) is 5.75 Å². The third kappa shape index (κ3) is 3.82. The molecule has 2 aromatic rings. The molecule has 0 radical (unpaired) electrons. The van der Waals surface area contributed by atoms with Crippen LogP contribution in [0.1, 0.15) is 12.5 Å². The van der Waals surface area contributed by atoms with Gasteiger partial charge in [0.05, 0.1) is 6.20 Å². The van der Waals surface area contributed by atoms with Gasteiger partial charge in [-0.3, -0.25) is 9.78 Å². The van der Waals surface area contributed by atoms with Crippen molar-refractivity contribution in [2.24, 2.45) is 0 Å². The molecular formula is C18H22N4O2. The van der Waals surface area contributed by atoms with E-state index in [9.17, 15) is 4.79 Å². The molecule has 1 saturated heterocycles. The van der Waals surface area contributed by atoms with E-state index in [1.54, 1.807) is 25.5 Å². The first kappa shape index (κ1) is 16.2. The van der Waals surface area contributed by atoms with Crippen molar-refractivity contribution >= 4 is 11.7 Å². The summed E-state index contributed by atoms with van der Waals surface area (Å²) >= 11 is 0. The zero-order chi connectivity index (χ0) is 16.9. The Hall–Kier alpha value is -2.63. The van der Waals surface area contributed by atoms with E-state index in [1.807, 2.05) is 36.1 Å². The third-order valence-corrected chi connectivity index (χ3v) is 4.12. The number of rotatable bonds is 4. The van der Waals surface area contributed by atoms with Crippen molar-refractivity contribution in [2.45, 2.75) is 20.0 Å². The molecule has 1 aromatic carbocycles. The molecule has 0 spiro atoms. The number of benzene rings is 1. The van der Waals surface area contributed by atoms with Crippen LogP contribution in [-0.4, -0.2) is 53.1 Å². The number of amides is 1. The number of carbonyl (C=O) groups is 1. The Kier molecular flexibility index (Phi) is 4.93. The molecule has 0 N–H and O–H groups in total. The number of carbonyl (C=O) groups excluding carboxylic acids is 1. The number of piperazine rings is 1. The summed E-state index contributed by atoms with van der Waals surface area (Å²) in [6, 6.07) is 7.76. The second-order valence-electron chi connectivity index (χ2n) is 5.95. The van der Waals surface area contributed by atoms with Crippen molar-refractivity contribution in [3.63, 3.8) is 0 Å². The number of ether oxygens (including phenoxy) is 1. The van der Waals surface area contributed by atoms with Crippen LogP contribution in [-0.2, 0) is 4.79 Å². The lowest BCUT2D eigenvalue weighted by molar-refractivity contribution is -0.138. The van der Waals surface area contributed by atoms with Gasteiger partial charge in [0.2, 0.25) is 0 Å². The highest BCUT2D eigenvalue weighted by Gasteiger charge is 2.26. The maximum atomic E-state index is 12.6. The predicted octanol–water partition coefficient (Wildman–Crippen LogP) is 1.90. The molecule has 3 rings (SSSR count). The summed E-state index contributed by atoms with van der Waals surface area (Å²) in [6.07, 6.45) is 4.61. The summed E-state index contributed by atoms with van der Waals surface area (Å²) in [4.78, 5) is 25.0. The van der Waals surface area contributed by atoms with Gasteiger partial charge in [-0.25, -0.2) is 4.98 Å². The number of hydrogen-bond acceptors (Lipinski definition) is 5. The van der Waals surface area contributed by atoms with Crippen LogP contribution in [0.5, 0.6) is 5.75 Å². The molecule has 24 heavy (non-hydrogen) atoms. The summed E-state index contributed by atoms with van der Waals surface area (Å²) in [5.41, 5.74) is 1.12. The normalized spacial score (nSPS) is 15.9. The smallest absolute Gasteiger partial charge is 0.263 e. The van der Waals surface area contributed by atoms with Crippen molar-refractivity contribution in [1.82, 2.24) is 14.9 Å². The standard InChI is InChI=1S/C18H22N4O2/c1-14-4-3-5-16(12-14)24-15(2)18(23)22-10-8-21(9-11-22)17-13-19-6-7-20-17/h3-7,12-13,15H,8-11H2,1-2H3. The number of aryl methyl sites for hydroxylation is 1. The number of hydrogen-bond donors (Lipinski definition) is 0. The lowest BCUT2D eigenvalue weighted by atomic mass is 10.2. The van der Waals surface area contributed by atoms with Crippen LogP contribution in [0.25, 0.3) is 0 Å². The van der Waals surface area contributed by atoms with E-state index in [1.165, 1.54) is 0 Å². The van der Waals surface area contributed by atoms with Crippen LogP contribution in [0.3, 0.4) is 0 Å². The van der Waals surface area contributed by atoms with E-state index >= 15 is 0 Å². The first-order valence-electron chi connectivity index (χ1n) is 8.16. The largest absolute Gasteiger partial charge is 0.481 e. The second-order valence-corrected chi connectivity index (χ2v) is 5.95. The molecule has 6 heteroatoms. The van der Waals surface area contributed by atoms with Crippen LogP contribution in [0.2, 0.25) is 0 Å². The quantitative estimate of drug-likeness (QED) is 0.859. The van der Waals surface area contributed by atoms with E-state index in [0.717, 1.165) is 30.2 Å². The molecule has 6 nitrogen and oxygen atoms in total. The maximum absolute atomic E-state index is 12.6. The third-order valence-electron chi connectivity index (χ3n) is 4.12. The van der Waals surface area contributed by atoms with Crippen LogP contribution < -0.4 is 9.64 Å². The summed E-state index contributed by atoms with van der Waals surface area (Å²) in [7, 11) is 0. The minimum absolute atomic E-state index is 0.0234. The molecule has 1 fully saturated rings. The maximum Gasteiger partial charge on any atom is 0.263 e. The van der Waals surface area contributed by atoms with Crippen LogP contribution in [0, 0.1) is 6.92 Å². The zero-order valence-corrected chi connectivity index (χ0v) is 14.1. The monoisotopic (exact) mass is 326 g/mol. The van der Waals surface area contributed by atoms with Gasteiger partial charge in [-0.05, 0) is 31.5 Å². The fourth-order valence-electron chi connectivity index (χ4n) is 2.81. The van der Waals surface area contributed by atoms with Crippen molar-refractivity contribution in [2.75, 3.05) is 31.1 Å². The van der Waals surface area contributed by atoms with Gasteiger partial charge in [0.1, 0.15) is 11.6 Å². The average molecular weight is 326 g/mol. The Morgan fingerprint density at radius 2 is 2.00 bits per heavy atom. The molecule has 2 heterocycles. The van der Waals surface area contributed by atoms with Crippen LogP contribution >= 0.6 is 0 Å². The Bertz CT molecular complexity index is 684. The topological polar surface area (TPSA) is 58.6 Å². The van der Waals surface area contributed by atoms with Gasteiger partial charge in [-0.15, -0.1) is 0 Å². The highest BCUT2D eigenvalue weighted by Crippen LogP contribution is 2.16. The van der Waals surface area contributed by atoms with Gasteiger partial charge in [0, 0.05) is 38.6 Å². The Balaban J connectivity index is 1.55. The Labute approximate surface area is 142 Å². The highest BCUT2D eigenvalue weighted by molar-refractivity contribution is 5.81. The molecule has 0 aliphatic carbocycles. The van der Waals surface area contributed by atoms with Gasteiger partial charge in [-0.1, -0.05) is 12.1 Å². The minimum Gasteiger partial charge on any atom is -0.481 e. The second kappa shape index (κ2) is 7.29. The van der Waals surface area contributed by atoms with Gasteiger partial charge in [0.25, 0.3) is 5.91 Å². The summed E-state index contributed by atoms with van der Waals surface area (Å²) < 4.78 is 5.79. The van der Waals surface area contributed by atoms with E-state index < -0.39 is 6.10 Å². The lowest BCUT2D eigenvalue weighted by Gasteiger charge is -2.36. The zero-order valence-electron chi connectivity index (χ0n) is 14.1. The molecule has 0 saturated carbocycles. The van der Waals surface area contributed by atoms with Crippen molar-refractivity contribution in [1.29, 1.82) is 0 Å². The van der Waals surface area contributed by atoms with Crippen LogP contribution in [0.4, 0.5) is 5.82 Å². The number of aromatic nitrogens is 2. The molecule has 0 bridgehead atoms. The van der Waals surface area contributed by atoms with Crippen LogP contribution in [0.15, 0.2) is 42.9 Å². The fourth-order valence-corrected chi connectivity index (χ4v) is 2.81. The molecule has 1 amide bonds. The molecule has 1 aliphatic rings. The molecule has 1 aliphatic heterocycles. The summed E-state index contributed by atoms with van der Waals surface area (Å²) in [5, 5.41) is 0. The highest BCUT2D eigenvalue weighted by atomic mass is 16.5. The number of anilines is 1. The Morgan fingerprint density at radius 1 is 1.21 bits per heavy atom. The molecule has 1 unspecified atom stereocenters. The van der Waals surface area contributed by atoms with Gasteiger partial charge >= 0.3 is 0 Å². The van der Waals surface area contributed by atoms with E-state index in [0.29, 0.717) is 13.1 Å². The van der Waals surface area contributed by atoms with Crippen molar-refractivity contribution in [3.05, 3.63) is 48.4 Å². The average Bonchev–Trinajstić information content (AvgIpc) is 2.62. The molecule has 1 aromatic heterocycles. The fraction of sp³-hybridized carbons (Fsp3) is 0.389. The summed E-state index contributed by atoms with van der Waals surface area (Å²) in [6.45, 7) is 6.64. The molecular weight excluding hydrogens is 304 g/mol. The summed E-state index contributed by atoms with van der Waals surface area (Å²) in [5.74, 6) is 1.61.